The number of alkyl halides is 6. The molecule has 3 N–H and O–H groups in total. The number of aliphatic hydroxyl groups excluding tert-OH is 1. The Balaban J connectivity index is 2.35. The van der Waals surface area contributed by atoms with Crippen molar-refractivity contribution in [3.05, 3.63) is 12.2 Å². The first-order chi connectivity index (χ1) is 14.8. The van der Waals surface area contributed by atoms with E-state index in [-0.39, 0.29) is 29.7 Å². The van der Waals surface area contributed by atoms with Gasteiger partial charge in [0.2, 0.25) is 0 Å². The predicted octanol–water partition coefficient (Wildman–Crippen LogP) is 6.31. The lowest BCUT2D eigenvalue weighted by Crippen LogP contribution is -2.55. The van der Waals surface area contributed by atoms with E-state index < -0.39 is 35.1 Å². The molecule has 0 aromatic rings. The Kier molecular flexibility index (Phi) is 8.05. The standard InChI is InChI=1S/C24H38F6O3/c1-19(2,32)11-6-12-20(3,13-7-15-22(33,23(25,26)27)24(28,29)30)18-10-9-16-17(31)8-5-14-21(16,18)4/h7,15-18,31-33H,5-6,8-14H2,1-4H3/b15-7-/t16?,17-,18+,20-,21-/m0/s1. The van der Waals surface area contributed by atoms with Gasteiger partial charge in [0.1, 0.15) is 0 Å². The van der Waals surface area contributed by atoms with Gasteiger partial charge in [-0.2, -0.15) is 26.3 Å². The Morgan fingerprint density at radius 2 is 1.48 bits per heavy atom. The van der Waals surface area contributed by atoms with Crippen LogP contribution in [-0.4, -0.2) is 45.0 Å². The van der Waals surface area contributed by atoms with E-state index in [0.29, 0.717) is 25.7 Å². The van der Waals surface area contributed by atoms with Crippen molar-refractivity contribution in [2.45, 2.75) is 115 Å². The summed E-state index contributed by atoms with van der Waals surface area (Å²) >= 11 is 0. The molecule has 5 atom stereocenters. The largest absolute Gasteiger partial charge is 0.429 e. The zero-order chi connectivity index (χ0) is 25.5. The van der Waals surface area contributed by atoms with Crippen molar-refractivity contribution in [3.8, 4) is 0 Å². The third kappa shape index (κ3) is 5.89. The summed E-state index contributed by atoms with van der Waals surface area (Å²) in [7, 11) is 0. The van der Waals surface area contributed by atoms with Gasteiger partial charge in [-0.05, 0) is 87.5 Å². The van der Waals surface area contributed by atoms with Crippen LogP contribution in [0.5, 0.6) is 0 Å². The van der Waals surface area contributed by atoms with E-state index in [0.717, 1.165) is 31.8 Å². The molecule has 0 spiro atoms. The van der Waals surface area contributed by atoms with Crippen molar-refractivity contribution in [2.24, 2.45) is 22.7 Å². The molecule has 0 aromatic heterocycles. The maximum absolute atomic E-state index is 13.1. The average Bonchev–Trinajstić information content (AvgIpc) is 2.97. The predicted molar refractivity (Wildman–Crippen MR) is 113 cm³/mol. The van der Waals surface area contributed by atoms with E-state index >= 15 is 0 Å². The summed E-state index contributed by atoms with van der Waals surface area (Å²) in [6.07, 6.45) is -6.29. The Morgan fingerprint density at radius 1 is 0.909 bits per heavy atom. The molecule has 0 saturated heterocycles. The smallest absolute Gasteiger partial charge is 0.393 e. The van der Waals surface area contributed by atoms with Crippen molar-refractivity contribution in [3.63, 3.8) is 0 Å². The van der Waals surface area contributed by atoms with Gasteiger partial charge >= 0.3 is 12.4 Å². The number of hydrogen-bond donors (Lipinski definition) is 3. The molecule has 2 rings (SSSR count). The average molecular weight is 489 g/mol. The highest BCUT2D eigenvalue weighted by Gasteiger charge is 2.69. The number of rotatable bonds is 8. The fourth-order valence-electron chi connectivity index (χ4n) is 6.49. The zero-order valence-electron chi connectivity index (χ0n) is 19.9. The Labute approximate surface area is 192 Å². The quantitative estimate of drug-likeness (QED) is 0.277. The third-order valence-corrected chi connectivity index (χ3v) is 8.27. The Morgan fingerprint density at radius 3 is 2.00 bits per heavy atom. The van der Waals surface area contributed by atoms with Crippen LogP contribution in [0, 0.1) is 22.7 Å². The zero-order valence-corrected chi connectivity index (χ0v) is 19.9. The molecule has 9 heteroatoms. The van der Waals surface area contributed by atoms with E-state index in [1.807, 2.05) is 6.92 Å². The molecule has 3 nitrogen and oxygen atoms in total. The molecular weight excluding hydrogens is 450 g/mol. The number of hydrogen-bond acceptors (Lipinski definition) is 3. The fraction of sp³-hybridized carbons (Fsp3) is 0.917. The van der Waals surface area contributed by atoms with Gasteiger partial charge in [0.15, 0.2) is 0 Å². The third-order valence-electron chi connectivity index (χ3n) is 8.27. The van der Waals surface area contributed by atoms with Crippen molar-refractivity contribution >= 4 is 0 Å². The van der Waals surface area contributed by atoms with Gasteiger partial charge in [0, 0.05) is 0 Å². The van der Waals surface area contributed by atoms with Crippen molar-refractivity contribution in [1.29, 1.82) is 0 Å². The van der Waals surface area contributed by atoms with Crippen LogP contribution in [0.4, 0.5) is 26.3 Å². The van der Waals surface area contributed by atoms with E-state index in [1.165, 1.54) is 0 Å². The first-order valence-corrected chi connectivity index (χ1v) is 11.7. The van der Waals surface area contributed by atoms with Crippen LogP contribution in [0.2, 0.25) is 0 Å². The van der Waals surface area contributed by atoms with Gasteiger partial charge in [-0.3, -0.25) is 0 Å². The van der Waals surface area contributed by atoms with Crippen LogP contribution in [0.3, 0.4) is 0 Å². The molecule has 0 amide bonds. The van der Waals surface area contributed by atoms with Gasteiger partial charge in [0.05, 0.1) is 11.7 Å². The number of halogens is 6. The van der Waals surface area contributed by atoms with Crippen LogP contribution in [0.15, 0.2) is 12.2 Å². The normalized spacial score (nSPS) is 31.6. The summed E-state index contributed by atoms with van der Waals surface area (Å²) in [5, 5.41) is 30.1. The summed E-state index contributed by atoms with van der Waals surface area (Å²) in [6.45, 7) is 7.27. The highest BCUT2D eigenvalue weighted by Crippen LogP contribution is 2.62. The van der Waals surface area contributed by atoms with Gasteiger partial charge in [0.25, 0.3) is 5.60 Å². The van der Waals surface area contributed by atoms with Gasteiger partial charge in [-0.1, -0.05) is 32.8 Å². The molecule has 1 unspecified atom stereocenters. The number of aliphatic hydroxyl groups is 3. The molecular formula is C24H38F6O3. The van der Waals surface area contributed by atoms with Crippen LogP contribution in [-0.2, 0) is 0 Å². The molecule has 0 heterocycles. The van der Waals surface area contributed by atoms with E-state index in [9.17, 15) is 41.7 Å². The minimum Gasteiger partial charge on any atom is -0.393 e. The second-order valence-electron chi connectivity index (χ2n) is 11.4. The lowest BCUT2D eigenvalue weighted by Gasteiger charge is -2.50. The molecule has 0 radical (unpaired) electrons. The Hall–Kier alpha value is -0.800. The molecule has 194 valence electrons. The molecule has 33 heavy (non-hydrogen) atoms. The molecule has 0 aromatic carbocycles. The molecule has 2 fully saturated rings. The Bertz CT molecular complexity index is 682. The summed E-state index contributed by atoms with van der Waals surface area (Å²) in [4.78, 5) is 0. The first kappa shape index (κ1) is 28.4. The SMILES string of the molecule is CC(C)(O)CCC[C@@](C)(C/C=C\C(O)(C(F)(F)F)C(F)(F)F)[C@H]1CCC2[C@@H](O)CCC[C@@]21C. The fourth-order valence-corrected chi connectivity index (χ4v) is 6.49. The van der Waals surface area contributed by atoms with E-state index in [4.69, 9.17) is 0 Å². The molecule has 2 aliphatic rings. The summed E-state index contributed by atoms with van der Waals surface area (Å²) in [5.41, 5.74) is -6.76. The summed E-state index contributed by atoms with van der Waals surface area (Å²) < 4.78 is 78.6. The molecule has 0 aliphatic heterocycles. The molecule has 2 aliphatic carbocycles. The second-order valence-corrected chi connectivity index (χ2v) is 11.4. The van der Waals surface area contributed by atoms with Crippen molar-refractivity contribution < 1.29 is 41.7 Å². The van der Waals surface area contributed by atoms with Crippen molar-refractivity contribution in [2.75, 3.05) is 0 Å². The van der Waals surface area contributed by atoms with E-state index in [1.54, 1.807) is 13.8 Å². The van der Waals surface area contributed by atoms with Crippen LogP contribution < -0.4 is 0 Å². The molecule has 0 bridgehead atoms. The van der Waals surface area contributed by atoms with Crippen molar-refractivity contribution in [1.82, 2.24) is 0 Å². The van der Waals surface area contributed by atoms with Gasteiger partial charge in [-0.15, -0.1) is 0 Å². The molecule has 2 saturated carbocycles. The summed E-state index contributed by atoms with van der Waals surface area (Å²) in [5.74, 6) is 0.0393. The highest BCUT2D eigenvalue weighted by atomic mass is 19.4. The van der Waals surface area contributed by atoms with Gasteiger partial charge in [-0.25, -0.2) is 0 Å². The van der Waals surface area contributed by atoms with Crippen LogP contribution in [0.1, 0.15) is 85.5 Å². The number of fused-ring (bicyclic) bond motifs is 1. The lowest BCUT2D eigenvalue weighted by molar-refractivity contribution is -0.347. The highest BCUT2D eigenvalue weighted by molar-refractivity contribution is 5.13. The number of allylic oxidation sites excluding steroid dienone is 1. The maximum atomic E-state index is 13.1. The first-order valence-electron chi connectivity index (χ1n) is 11.7. The monoisotopic (exact) mass is 488 g/mol. The second kappa shape index (κ2) is 9.34. The summed E-state index contributed by atoms with van der Waals surface area (Å²) in [6, 6.07) is 0. The lowest BCUT2D eigenvalue weighted by atomic mass is 9.56. The van der Waals surface area contributed by atoms with E-state index in [2.05, 4.69) is 6.92 Å². The minimum absolute atomic E-state index is 0.0127. The van der Waals surface area contributed by atoms with Crippen LogP contribution in [0.25, 0.3) is 0 Å². The van der Waals surface area contributed by atoms with Crippen LogP contribution >= 0.6 is 0 Å². The minimum atomic E-state index is -5.89. The van der Waals surface area contributed by atoms with Gasteiger partial charge < -0.3 is 15.3 Å². The maximum Gasteiger partial charge on any atom is 0.429 e. The topological polar surface area (TPSA) is 60.7 Å².